The Kier molecular flexibility index (Phi) is 4.09. The van der Waals surface area contributed by atoms with Gasteiger partial charge in [0, 0.05) is 6.54 Å². The second-order valence-electron chi connectivity index (χ2n) is 5.43. The van der Waals surface area contributed by atoms with Gasteiger partial charge in [-0.25, -0.2) is 4.39 Å². The fourth-order valence-electron chi connectivity index (χ4n) is 2.84. The van der Waals surface area contributed by atoms with Gasteiger partial charge in [0.1, 0.15) is 0 Å². The molecule has 6 heteroatoms. The summed E-state index contributed by atoms with van der Waals surface area (Å²) in [6.07, 6.45) is 3.59. The average Bonchev–Trinajstić information content (AvgIpc) is 3.14. The maximum Gasteiger partial charge on any atom is 0.261 e. The van der Waals surface area contributed by atoms with Crippen molar-refractivity contribution in [2.45, 2.75) is 25.8 Å². The van der Waals surface area contributed by atoms with Crippen LogP contribution in [0.25, 0.3) is 0 Å². The minimum absolute atomic E-state index is 0.000722. The number of hydrogen-bond acceptors (Lipinski definition) is 3. The maximum absolute atomic E-state index is 13.5. The molecule has 1 aromatic heterocycles. The van der Waals surface area contributed by atoms with Crippen LogP contribution in [0.5, 0.6) is 5.75 Å². The summed E-state index contributed by atoms with van der Waals surface area (Å²) in [7, 11) is 0. The molecule has 0 bridgehead atoms. The van der Waals surface area contributed by atoms with Crippen molar-refractivity contribution >= 4 is 5.91 Å². The van der Waals surface area contributed by atoms with Gasteiger partial charge in [0.25, 0.3) is 5.91 Å². The smallest absolute Gasteiger partial charge is 0.261 e. The molecular weight excluding hydrogens is 285 g/mol. The van der Waals surface area contributed by atoms with Crippen LogP contribution in [0, 0.1) is 12.7 Å². The largest absolute Gasteiger partial charge is 0.481 e. The molecule has 1 aromatic carbocycles. The lowest BCUT2D eigenvalue weighted by Gasteiger charge is -2.24. The van der Waals surface area contributed by atoms with E-state index in [-0.39, 0.29) is 24.3 Å². The van der Waals surface area contributed by atoms with Gasteiger partial charge in [-0.15, -0.1) is 0 Å². The van der Waals surface area contributed by atoms with Crippen LogP contribution in [0.15, 0.2) is 30.5 Å². The third-order valence-electron chi connectivity index (χ3n) is 3.96. The lowest BCUT2D eigenvalue weighted by molar-refractivity contribution is -0.134. The standard InChI is InChI=1S/C16H18FN3O2/c1-11-9-18-19-16(11)13-6-4-8-20(13)15(21)10-22-14-7-3-2-5-12(14)17/h2-3,5,7,9,13H,4,6,8,10H2,1H3,(H,18,19)/t13-/m0/s1. The van der Waals surface area contributed by atoms with Crippen LogP contribution in [0.2, 0.25) is 0 Å². The first kappa shape index (κ1) is 14.6. The summed E-state index contributed by atoms with van der Waals surface area (Å²) >= 11 is 0. The van der Waals surface area contributed by atoms with Crippen molar-refractivity contribution in [3.63, 3.8) is 0 Å². The number of nitrogens with one attached hydrogen (secondary N) is 1. The van der Waals surface area contributed by atoms with E-state index in [2.05, 4.69) is 10.2 Å². The Labute approximate surface area is 128 Å². The second kappa shape index (κ2) is 6.17. The van der Waals surface area contributed by atoms with E-state index in [9.17, 15) is 9.18 Å². The van der Waals surface area contributed by atoms with Crippen LogP contribution in [0.1, 0.15) is 30.1 Å². The van der Waals surface area contributed by atoms with E-state index < -0.39 is 5.82 Å². The Hall–Kier alpha value is -2.37. The van der Waals surface area contributed by atoms with Crippen LogP contribution in [-0.4, -0.2) is 34.2 Å². The molecule has 116 valence electrons. The highest BCUT2D eigenvalue weighted by Gasteiger charge is 2.32. The summed E-state index contributed by atoms with van der Waals surface area (Å²) in [5.41, 5.74) is 2.01. The number of halogens is 1. The van der Waals surface area contributed by atoms with Crippen LogP contribution < -0.4 is 4.74 Å². The molecule has 5 nitrogen and oxygen atoms in total. The molecule has 1 saturated heterocycles. The van der Waals surface area contributed by atoms with Gasteiger partial charge in [-0.05, 0) is 37.5 Å². The van der Waals surface area contributed by atoms with E-state index in [1.165, 1.54) is 12.1 Å². The second-order valence-corrected chi connectivity index (χ2v) is 5.43. The molecule has 3 rings (SSSR count). The molecule has 22 heavy (non-hydrogen) atoms. The number of aromatic amines is 1. The molecule has 1 amide bonds. The van der Waals surface area contributed by atoms with Crippen molar-refractivity contribution in [3.8, 4) is 5.75 Å². The molecule has 1 aliphatic rings. The Morgan fingerprint density at radius 2 is 2.32 bits per heavy atom. The lowest BCUT2D eigenvalue weighted by Crippen LogP contribution is -2.35. The predicted octanol–water partition coefficient (Wildman–Crippen LogP) is 2.60. The topological polar surface area (TPSA) is 58.2 Å². The summed E-state index contributed by atoms with van der Waals surface area (Å²) in [5.74, 6) is -0.498. The molecule has 0 saturated carbocycles. The monoisotopic (exact) mass is 303 g/mol. The zero-order chi connectivity index (χ0) is 15.5. The van der Waals surface area contributed by atoms with Crippen molar-refractivity contribution in [2.24, 2.45) is 0 Å². The first-order valence-electron chi connectivity index (χ1n) is 7.33. The highest BCUT2D eigenvalue weighted by molar-refractivity contribution is 5.78. The van der Waals surface area contributed by atoms with E-state index >= 15 is 0 Å². The molecular formula is C16H18FN3O2. The highest BCUT2D eigenvalue weighted by Crippen LogP contribution is 2.32. The number of H-pyrrole nitrogens is 1. The number of aryl methyl sites for hydroxylation is 1. The van der Waals surface area contributed by atoms with Gasteiger partial charge in [0.2, 0.25) is 0 Å². The lowest BCUT2D eigenvalue weighted by atomic mass is 10.1. The number of benzene rings is 1. The fraction of sp³-hybridized carbons (Fsp3) is 0.375. The van der Waals surface area contributed by atoms with Crippen molar-refractivity contribution < 1.29 is 13.9 Å². The summed E-state index contributed by atoms with van der Waals surface area (Å²) in [6, 6.07) is 6.09. The molecule has 0 aliphatic carbocycles. The summed E-state index contributed by atoms with van der Waals surface area (Å²) in [4.78, 5) is 14.2. The Balaban J connectivity index is 1.67. The minimum atomic E-state index is -0.460. The number of hydrogen-bond donors (Lipinski definition) is 1. The van der Waals surface area contributed by atoms with E-state index in [4.69, 9.17) is 4.74 Å². The number of aromatic nitrogens is 2. The van der Waals surface area contributed by atoms with Gasteiger partial charge >= 0.3 is 0 Å². The molecule has 0 unspecified atom stereocenters. The number of ether oxygens (including phenoxy) is 1. The van der Waals surface area contributed by atoms with Gasteiger partial charge in [0.15, 0.2) is 18.2 Å². The number of carbonyl (C=O) groups is 1. The molecule has 1 atom stereocenters. The normalized spacial score (nSPS) is 17.7. The summed E-state index contributed by atoms with van der Waals surface area (Å²) in [6.45, 7) is 2.49. The third kappa shape index (κ3) is 2.81. The van der Waals surface area contributed by atoms with Gasteiger partial charge in [-0.1, -0.05) is 12.1 Å². The molecule has 0 radical (unpaired) electrons. The van der Waals surface area contributed by atoms with Crippen molar-refractivity contribution in [1.82, 2.24) is 15.1 Å². The highest BCUT2D eigenvalue weighted by atomic mass is 19.1. The maximum atomic E-state index is 13.5. The number of carbonyl (C=O) groups excluding carboxylic acids is 1. The molecule has 0 spiro atoms. The summed E-state index contributed by atoms with van der Waals surface area (Å²) < 4.78 is 18.8. The number of para-hydroxylation sites is 1. The van der Waals surface area contributed by atoms with Crippen LogP contribution in [-0.2, 0) is 4.79 Å². The Morgan fingerprint density at radius 3 is 3.05 bits per heavy atom. The van der Waals surface area contributed by atoms with E-state index in [1.54, 1.807) is 23.2 Å². The number of likely N-dealkylation sites (tertiary alicyclic amines) is 1. The molecule has 1 N–H and O–H groups in total. The predicted molar refractivity (Wildman–Crippen MR) is 78.9 cm³/mol. The van der Waals surface area contributed by atoms with Crippen LogP contribution in [0.3, 0.4) is 0 Å². The van der Waals surface area contributed by atoms with Gasteiger partial charge < -0.3 is 9.64 Å². The number of amides is 1. The molecule has 1 aliphatic heterocycles. The zero-order valence-corrected chi connectivity index (χ0v) is 12.4. The van der Waals surface area contributed by atoms with Gasteiger partial charge in [0.05, 0.1) is 17.9 Å². The third-order valence-corrected chi connectivity index (χ3v) is 3.96. The SMILES string of the molecule is Cc1cn[nH]c1[C@@H]1CCCN1C(=O)COc1ccccc1F. The van der Waals surface area contributed by atoms with E-state index in [1.807, 2.05) is 6.92 Å². The molecule has 2 heterocycles. The van der Waals surface area contributed by atoms with E-state index in [0.29, 0.717) is 6.54 Å². The van der Waals surface area contributed by atoms with Gasteiger partial charge in [-0.3, -0.25) is 9.89 Å². The van der Waals surface area contributed by atoms with Crippen molar-refractivity contribution in [3.05, 3.63) is 47.5 Å². The summed E-state index contributed by atoms with van der Waals surface area (Å²) in [5, 5.41) is 6.99. The Bertz CT molecular complexity index is 671. The zero-order valence-electron chi connectivity index (χ0n) is 12.4. The van der Waals surface area contributed by atoms with Gasteiger partial charge in [-0.2, -0.15) is 5.10 Å². The first-order chi connectivity index (χ1) is 10.7. The fourth-order valence-corrected chi connectivity index (χ4v) is 2.84. The first-order valence-corrected chi connectivity index (χ1v) is 7.33. The van der Waals surface area contributed by atoms with Crippen LogP contribution in [0.4, 0.5) is 4.39 Å². The molecule has 2 aromatic rings. The van der Waals surface area contributed by atoms with Crippen LogP contribution >= 0.6 is 0 Å². The Morgan fingerprint density at radius 1 is 1.50 bits per heavy atom. The van der Waals surface area contributed by atoms with E-state index in [0.717, 1.165) is 24.1 Å². The minimum Gasteiger partial charge on any atom is -0.481 e. The van der Waals surface area contributed by atoms with Crippen molar-refractivity contribution in [2.75, 3.05) is 13.2 Å². The number of nitrogens with zero attached hydrogens (tertiary/aromatic N) is 2. The quantitative estimate of drug-likeness (QED) is 0.944. The number of rotatable bonds is 4. The average molecular weight is 303 g/mol. The van der Waals surface area contributed by atoms with Crippen molar-refractivity contribution in [1.29, 1.82) is 0 Å². The molecule has 1 fully saturated rings.